The summed E-state index contributed by atoms with van der Waals surface area (Å²) in [6, 6.07) is 11.5. The van der Waals surface area contributed by atoms with Crippen molar-refractivity contribution in [3.05, 3.63) is 29.8 Å². The molecule has 1 aliphatic rings. The number of anilines is 1. The van der Waals surface area contributed by atoms with E-state index in [2.05, 4.69) is 47.5 Å². The van der Waals surface area contributed by atoms with E-state index < -0.39 is 5.54 Å². The van der Waals surface area contributed by atoms with Crippen molar-refractivity contribution in [1.29, 1.82) is 5.26 Å². The molecule has 3 nitrogen and oxygen atoms in total. The summed E-state index contributed by atoms with van der Waals surface area (Å²) in [5.74, 6) is 0. The number of fused-ring (bicyclic) bond motifs is 1. The Morgan fingerprint density at radius 3 is 2.89 bits per heavy atom. The van der Waals surface area contributed by atoms with Crippen LogP contribution < -0.4 is 10.2 Å². The number of para-hydroxylation sites is 1. The topological polar surface area (TPSA) is 39.1 Å². The predicted octanol–water partition coefficient (Wildman–Crippen LogP) is 2.72. The molecule has 2 rings (SSSR count). The first-order valence-electron chi connectivity index (χ1n) is 7.10. The minimum atomic E-state index is -0.493. The van der Waals surface area contributed by atoms with Gasteiger partial charge in [-0.15, -0.1) is 0 Å². The molecule has 2 atom stereocenters. The highest BCUT2D eigenvalue weighted by Crippen LogP contribution is 2.31. The molecule has 0 radical (unpaired) electrons. The van der Waals surface area contributed by atoms with Crippen LogP contribution in [0.25, 0.3) is 0 Å². The van der Waals surface area contributed by atoms with Crippen LogP contribution in [-0.2, 0) is 6.42 Å². The minimum Gasteiger partial charge on any atom is -0.366 e. The zero-order chi connectivity index (χ0) is 13.9. The third kappa shape index (κ3) is 2.90. The summed E-state index contributed by atoms with van der Waals surface area (Å²) < 4.78 is 0. The molecule has 2 unspecified atom stereocenters. The smallest absolute Gasteiger partial charge is 0.121 e. The lowest BCUT2D eigenvalue weighted by molar-refractivity contribution is 0.425. The first kappa shape index (κ1) is 13.9. The number of benzene rings is 1. The maximum absolute atomic E-state index is 9.44. The van der Waals surface area contributed by atoms with E-state index >= 15 is 0 Å². The van der Waals surface area contributed by atoms with Crippen LogP contribution in [0.15, 0.2) is 24.3 Å². The molecular formula is C16H23N3. The zero-order valence-corrected chi connectivity index (χ0v) is 12.1. The van der Waals surface area contributed by atoms with Gasteiger partial charge in [0.05, 0.1) is 6.07 Å². The van der Waals surface area contributed by atoms with Crippen LogP contribution in [0.2, 0.25) is 0 Å². The maximum atomic E-state index is 9.44. The fraction of sp³-hybridized carbons (Fsp3) is 0.562. The summed E-state index contributed by atoms with van der Waals surface area (Å²) in [6.07, 6.45) is 2.29. The Labute approximate surface area is 116 Å². The monoisotopic (exact) mass is 257 g/mol. The van der Waals surface area contributed by atoms with E-state index in [0.29, 0.717) is 6.04 Å². The molecule has 1 heterocycles. The Kier molecular flexibility index (Phi) is 4.11. The molecule has 0 amide bonds. The summed E-state index contributed by atoms with van der Waals surface area (Å²) in [6.45, 7) is 7.83. The largest absolute Gasteiger partial charge is 0.366 e. The molecule has 0 saturated heterocycles. The van der Waals surface area contributed by atoms with Crippen molar-refractivity contribution in [3.63, 3.8) is 0 Å². The van der Waals surface area contributed by atoms with Crippen molar-refractivity contribution >= 4 is 5.69 Å². The molecule has 0 aromatic heterocycles. The number of likely N-dealkylation sites (N-methyl/N-ethyl adjacent to an activating group) is 1. The fourth-order valence-corrected chi connectivity index (χ4v) is 2.86. The van der Waals surface area contributed by atoms with Crippen LogP contribution in [0.4, 0.5) is 5.69 Å². The van der Waals surface area contributed by atoms with Gasteiger partial charge in [-0.2, -0.15) is 5.26 Å². The molecule has 3 heteroatoms. The lowest BCUT2D eigenvalue weighted by Gasteiger charge is -2.41. The molecule has 1 N–H and O–H groups in total. The highest BCUT2D eigenvalue weighted by Gasteiger charge is 2.31. The fourth-order valence-electron chi connectivity index (χ4n) is 2.86. The number of aryl methyl sites for hydroxylation is 1. The zero-order valence-electron chi connectivity index (χ0n) is 12.1. The van der Waals surface area contributed by atoms with E-state index in [4.69, 9.17) is 0 Å². The molecule has 0 aliphatic carbocycles. The SMILES string of the molecule is CCNC(C)(C#N)CN1c2ccccc2CCC1C. The number of hydrogen-bond acceptors (Lipinski definition) is 3. The summed E-state index contributed by atoms with van der Waals surface area (Å²) in [5.41, 5.74) is 2.20. The van der Waals surface area contributed by atoms with Crippen molar-refractivity contribution in [1.82, 2.24) is 5.32 Å². The van der Waals surface area contributed by atoms with Crippen molar-refractivity contribution in [2.45, 2.75) is 45.2 Å². The molecule has 1 aromatic rings. The highest BCUT2D eigenvalue weighted by atomic mass is 15.2. The first-order valence-corrected chi connectivity index (χ1v) is 7.10. The Hall–Kier alpha value is -1.53. The Morgan fingerprint density at radius 1 is 1.47 bits per heavy atom. The number of hydrogen-bond donors (Lipinski definition) is 1. The summed E-state index contributed by atoms with van der Waals surface area (Å²) in [5, 5.41) is 12.7. The van der Waals surface area contributed by atoms with Crippen LogP contribution >= 0.6 is 0 Å². The van der Waals surface area contributed by atoms with Gasteiger partial charge in [-0.1, -0.05) is 25.1 Å². The standard InChI is InChI=1S/C16H23N3/c1-4-18-16(3,11-17)12-19-13(2)9-10-14-7-5-6-8-15(14)19/h5-8,13,18H,4,9-10,12H2,1-3H3. The van der Waals surface area contributed by atoms with Gasteiger partial charge in [0.15, 0.2) is 0 Å². The molecule has 102 valence electrons. The molecule has 0 spiro atoms. The van der Waals surface area contributed by atoms with E-state index in [-0.39, 0.29) is 0 Å². The maximum Gasteiger partial charge on any atom is 0.121 e. The Balaban J connectivity index is 2.27. The van der Waals surface area contributed by atoms with Gasteiger partial charge in [-0.25, -0.2) is 0 Å². The second-order valence-corrected chi connectivity index (χ2v) is 5.62. The number of nitriles is 1. The van der Waals surface area contributed by atoms with Gasteiger partial charge in [0.2, 0.25) is 0 Å². The quantitative estimate of drug-likeness (QED) is 0.901. The van der Waals surface area contributed by atoms with Gasteiger partial charge in [0.1, 0.15) is 5.54 Å². The summed E-state index contributed by atoms with van der Waals surface area (Å²) >= 11 is 0. The van der Waals surface area contributed by atoms with Gasteiger partial charge in [0.25, 0.3) is 0 Å². The van der Waals surface area contributed by atoms with E-state index in [0.717, 1.165) is 25.9 Å². The minimum absolute atomic E-state index is 0.487. The average molecular weight is 257 g/mol. The van der Waals surface area contributed by atoms with Crippen molar-refractivity contribution in [2.75, 3.05) is 18.0 Å². The molecule has 0 saturated carbocycles. The molecule has 0 fully saturated rings. The van der Waals surface area contributed by atoms with Gasteiger partial charge in [-0.3, -0.25) is 5.32 Å². The lowest BCUT2D eigenvalue weighted by Crippen LogP contribution is -2.53. The second kappa shape index (κ2) is 5.63. The number of nitrogens with one attached hydrogen (secondary N) is 1. The van der Waals surface area contributed by atoms with Crippen LogP contribution in [-0.4, -0.2) is 24.7 Å². The van der Waals surface area contributed by atoms with Crippen LogP contribution in [0, 0.1) is 11.3 Å². The van der Waals surface area contributed by atoms with Gasteiger partial charge in [-0.05, 0) is 44.9 Å². The Morgan fingerprint density at radius 2 is 2.21 bits per heavy atom. The lowest BCUT2D eigenvalue weighted by atomic mass is 9.93. The first-order chi connectivity index (χ1) is 9.09. The summed E-state index contributed by atoms with van der Waals surface area (Å²) in [4.78, 5) is 2.38. The molecule has 19 heavy (non-hydrogen) atoms. The van der Waals surface area contributed by atoms with Crippen molar-refractivity contribution < 1.29 is 0 Å². The third-order valence-corrected chi connectivity index (χ3v) is 3.96. The number of rotatable bonds is 4. The molecule has 1 aromatic carbocycles. The third-order valence-electron chi connectivity index (χ3n) is 3.96. The van der Waals surface area contributed by atoms with Gasteiger partial charge < -0.3 is 4.90 Å². The van der Waals surface area contributed by atoms with E-state index in [1.54, 1.807) is 0 Å². The normalized spacial score (nSPS) is 21.4. The van der Waals surface area contributed by atoms with E-state index in [1.807, 2.05) is 13.8 Å². The van der Waals surface area contributed by atoms with Crippen molar-refractivity contribution in [2.24, 2.45) is 0 Å². The molecular weight excluding hydrogens is 234 g/mol. The van der Waals surface area contributed by atoms with E-state index in [9.17, 15) is 5.26 Å². The van der Waals surface area contributed by atoms with Crippen LogP contribution in [0.3, 0.4) is 0 Å². The average Bonchev–Trinajstić information content (AvgIpc) is 2.42. The predicted molar refractivity (Wildman–Crippen MR) is 79.3 cm³/mol. The molecule has 0 bridgehead atoms. The number of nitrogens with zero attached hydrogens (tertiary/aromatic N) is 2. The van der Waals surface area contributed by atoms with E-state index in [1.165, 1.54) is 11.3 Å². The highest BCUT2D eigenvalue weighted by molar-refractivity contribution is 5.57. The molecule has 1 aliphatic heterocycles. The Bertz CT molecular complexity index is 477. The second-order valence-electron chi connectivity index (χ2n) is 5.62. The van der Waals surface area contributed by atoms with Crippen molar-refractivity contribution in [3.8, 4) is 6.07 Å². The van der Waals surface area contributed by atoms with Crippen LogP contribution in [0.1, 0.15) is 32.8 Å². The van der Waals surface area contributed by atoms with Crippen LogP contribution in [0.5, 0.6) is 0 Å². The van der Waals surface area contributed by atoms with Gasteiger partial charge >= 0.3 is 0 Å². The van der Waals surface area contributed by atoms with Gasteiger partial charge in [0, 0.05) is 18.3 Å². The summed E-state index contributed by atoms with van der Waals surface area (Å²) in [7, 11) is 0.